The van der Waals surface area contributed by atoms with Gasteiger partial charge in [-0.05, 0) is 19.1 Å². The number of aromatic nitrogens is 1. The van der Waals surface area contributed by atoms with Gasteiger partial charge in [-0.2, -0.15) is 0 Å². The summed E-state index contributed by atoms with van der Waals surface area (Å²) in [6.45, 7) is 1.86. The fraction of sp³-hybridized carbons (Fsp3) is 0.200. The summed E-state index contributed by atoms with van der Waals surface area (Å²) in [6, 6.07) is 6.64. The molecule has 0 aliphatic heterocycles. The van der Waals surface area contributed by atoms with Crippen LogP contribution in [0.5, 0.6) is 0 Å². The van der Waals surface area contributed by atoms with E-state index >= 15 is 0 Å². The first kappa shape index (κ1) is 9.51. The van der Waals surface area contributed by atoms with E-state index in [1.54, 1.807) is 31.2 Å². The molecule has 0 saturated carbocycles. The van der Waals surface area contributed by atoms with Crippen molar-refractivity contribution in [2.24, 2.45) is 0 Å². The topological polar surface area (TPSA) is 61.4 Å². The summed E-state index contributed by atoms with van der Waals surface area (Å²) in [7, 11) is 0. The molecule has 0 atom stereocenters. The lowest BCUT2D eigenvalue weighted by Crippen LogP contribution is -2.23. The largest absolute Gasteiger partial charge is 0.451 e. The Morgan fingerprint density at radius 1 is 1.47 bits per heavy atom. The Kier molecular flexibility index (Phi) is 2.29. The van der Waals surface area contributed by atoms with E-state index in [9.17, 15) is 9.59 Å². The molecule has 0 spiro atoms. The molecule has 0 radical (unpaired) electrons. The highest BCUT2D eigenvalue weighted by atomic mass is 16.6. The second-order valence-corrected chi connectivity index (χ2v) is 2.89. The lowest BCUT2D eigenvalue weighted by Gasteiger charge is -1.97. The van der Waals surface area contributed by atoms with Crippen LogP contribution in [-0.4, -0.2) is 17.4 Å². The summed E-state index contributed by atoms with van der Waals surface area (Å²) in [5.74, 6) is 0. The molecule has 5 nitrogen and oxygen atoms in total. The summed E-state index contributed by atoms with van der Waals surface area (Å²) < 4.78 is 10.3. The summed E-state index contributed by atoms with van der Waals surface area (Å²) >= 11 is 0. The monoisotopic (exact) mass is 207 g/mol. The van der Waals surface area contributed by atoms with E-state index in [4.69, 9.17) is 4.52 Å². The second-order valence-electron chi connectivity index (χ2n) is 2.89. The van der Waals surface area contributed by atoms with Gasteiger partial charge in [0.2, 0.25) is 0 Å². The maximum Gasteiger partial charge on any atom is 0.451 e. The van der Waals surface area contributed by atoms with Gasteiger partial charge in [-0.1, -0.05) is 16.9 Å². The maximum atomic E-state index is 11.6. The molecule has 0 bridgehead atoms. The zero-order valence-corrected chi connectivity index (χ0v) is 8.10. The molecule has 0 saturated heterocycles. The molecule has 0 amide bonds. The first-order valence-corrected chi connectivity index (χ1v) is 4.52. The molecular formula is C10H9NO4. The Bertz CT molecular complexity index is 552. The molecule has 0 unspecified atom stereocenters. The zero-order valence-electron chi connectivity index (χ0n) is 8.10. The second kappa shape index (κ2) is 3.61. The van der Waals surface area contributed by atoms with Gasteiger partial charge in [0.25, 0.3) is 0 Å². The Labute approximate surface area is 84.8 Å². The van der Waals surface area contributed by atoms with Crippen molar-refractivity contribution in [1.29, 1.82) is 0 Å². The Morgan fingerprint density at radius 2 is 2.20 bits per heavy atom. The van der Waals surface area contributed by atoms with Crippen LogP contribution in [0, 0.1) is 0 Å². The lowest BCUT2D eigenvalue weighted by atomic mass is 10.3. The fourth-order valence-electron chi connectivity index (χ4n) is 1.27. The molecule has 1 heterocycles. The summed E-state index contributed by atoms with van der Waals surface area (Å²) in [6.07, 6.45) is -0.793. The van der Waals surface area contributed by atoms with E-state index in [2.05, 4.69) is 4.74 Å². The SMILES string of the molecule is CCOC(=O)n1oc2ccccc2c1=O. The van der Waals surface area contributed by atoms with E-state index in [0.717, 1.165) is 0 Å². The molecular weight excluding hydrogens is 198 g/mol. The van der Waals surface area contributed by atoms with Crippen molar-refractivity contribution in [3.05, 3.63) is 34.6 Å². The third kappa shape index (κ3) is 1.52. The average molecular weight is 207 g/mol. The highest BCUT2D eigenvalue weighted by molar-refractivity contribution is 5.79. The van der Waals surface area contributed by atoms with Crippen LogP contribution >= 0.6 is 0 Å². The molecule has 2 rings (SSSR count). The standard InChI is InChI=1S/C10H9NO4/c1-2-14-10(13)11-9(12)7-5-3-4-6-8(7)15-11/h3-6H,2H2,1H3. The zero-order chi connectivity index (χ0) is 10.8. The number of carbonyl (C=O) groups is 1. The number of ether oxygens (including phenoxy) is 1. The van der Waals surface area contributed by atoms with Gasteiger partial charge in [-0.3, -0.25) is 4.79 Å². The highest BCUT2D eigenvalue weighted by Crippen LogP contribution is 2.09. The van der Waals surface area contributed by atoms with Gasteiger partial charge < -0.3 is 9.26 Å². The van der Waals surface area contributed by atoms with E-state index in [1.165, 1.54) is 0 Å². The lowest BCUT2D eigenvalue weighted by molar-refractivity contribution is 0.127. The highest BCUT2D eigenvalue weighted by Gasteiger charge is 2.15. The van der Waals surface area contributed by atoms with Gasteiger partial charge in [0.15, 0.2) is 5.58 Å². The molecule has 1 aromatic heterocycles. The van der Waals surface area contributed by atoms with Gasteiger partial charge >= 0.3 is 11.7 Å². The van der Waals surface area contributed by atoms with Crippen molar-refractivity contribution in [2.75, 3.05) is 6.61 Å². The molecule has 0 fully saturated rings. The quantitative estimate of drug-likeness (QED) is 0.712. The maximum absolute atomic E-state index is 11.6. The molecule has 1 aromatic carbocycles. The minimum absolute atomic E-state index is 0.197. The average Bonchev–Trinajstić information content (AvgIpc) is 2.57. The summed E-state index contributed by atoms with van der Waals surface area (Å²) in [5, 5.41) is 0.366. The van der Waals surface area contributed by atoms with E-state index in [-0.39, 0.29) is 6.61 Å². The molecule has 78 valence electrons. The predicted molar refractivity (Wildman–Crippen MR) is 52.9 cm³/mol. The fourth-order valence-corrected chi connectivity index (χ4v) is 1.27. The van der Waals surface area contributed by atoms with E-state index in [1.807, 2.05) is 0 Å². The summed E-state index contributed by atoms with van der Waals surface area (Å²) in [5.41, 5.74) is -0.125. The van der Waals surface area contributed by atoms with Crippen molar-refractivity contribution in [2.45, 2.75) is 6.92 Å². The Morgan fingerprint density at radius 3 is 2.87 bits per heavy atom. The first-order valence-electron chi connectivity index (χ1n) is 4.52. The third-order valence-electron chi connectivity index (χ3n) is 1.93. The van der Waals surface area contributed by atoms with Crippen LogP contribution in [0.25, 0.3) is 11.0 Å². The van der Waals surface area contributed by atoms with Crippen LogP contribution < -0.4 is 5.56 Å². The van der Waals surface area contributed by atoms with Crippen LogP contribution in [-0.2, 0) is 4.74 Å². The number of nitrogens with zero attached hydrogens (tertiary/aromatic N) is 1. The Balaban J connectivity index is 2.58. The van der Waals surface area contributed by atoms with Crippen LogP contribution in [0.1, 0.15) is 6.92 Å². The molecule has 2 aromatic rings. The Hall–Kier alpha value is -2.04. The predicted octanol–water partition coefficient (Wildman–Crippen LogP) is 1.60. The number of para-hydroxylation sites is 1. The third-order valence-corrected chi connectivity index (χ3v) is 1.93. The van der Waals surface area contributed by atoms with Crippen LogP contribution in [0.15, 0.2) is 33.6 Å². The van der Waals surface area contributed by atoms with Gasteiger partial charge in [0, 0.05) is 0 Å². The summed E-state index contributed by atoms with van der Waals surface area (Å²) in [4.78, 5) is 22.9. The van der Waals surface area contributed by atoms with Crippen LogP contribution in [0.4, 0.5) is 4.79 Å². The minimum Gasteiger partial charge on any atom is -0.447 e. The smallest absolute Gasteiger partial charge is 0.447 e. The number of hydrogen-bond acceptors (Lipinski definition) is 4. The van der Waals surface area contributed by atoms with Crippen molar-refractivity contribution in [3.63, 3.8) is 0 Å². The van der Waals surface area contributed by atoms with E-state index in [0.29, 0.717) is 15.7 Å². The molecule has 0 aliphatic rings. The van der Waals surface area contributed by atoms with Crippen molar-refractivity contribution in [3.8, 4) is 0 Å². The minimum atomic E-state index is -0.793. The first-order chi connectivity index (χ1) is 7.24. The van der Waals surface area contributed by atoms with Crippen LogP contribution in [0.2, 0.25) is 0 Å². The number of rotatable bonds is 1. The molecule has 0 N–H and O–H groups in total. The van der Waals surface area contributed by atoms with Crippen molar-refractivity contribution in [1.82, 2.24) is 4.74 Å². The number of carbonyl (C=O) groups excluding carboxylic acids is 1. The number of fused-ring (bicyclic) bond motifs is 1. The van der Waals surface area contributed by atoms with Gasteiger partial charge in [-0.15, -0.1) is 0 Å². The normalized spacial score (nSPS) is 10.5. The van der Waals surface area contributed by atoms with Crippen molar-refractivity contribution >= 4 is 17.1 Å². The number of benzene rings is 1. The van der Waals surface area contributed by atoms with Crippen LogP contribution in [0.3, 0.4) is 0 Å². The number of hydrogen-bond donors (Lipinski definition) is 0. The molecule has 5 heteroatoms. The van der Waals surface area contributed by atoms with Gasteiger partial charge in [0.1, 0.15) is 0 Å². The van der Waals surface area contributed by atoms with Gasteiger partial charge in [0.05, 0.1) is 12.0 Å². The van der Waals surface area contributed by atoms with E-state index < -0.39 is 11.7 Å². The molecule has 15 heavy (non-hydrogen) atoms. The van der Waals surface area contributed by atoms with Gasteiger partial charge in [-0.25, -0.2) is 4.79 Å². The van der Waals surface area contributed by atoms with Crippen molar-refractivity contribution < 1.29 is 14.1 Å². The molecule has 0 aliphatic carbocycles.